The van der Waals surface area contributed by atoms with Gasteiger partial charge in [0.25, 0.3) is 0 Å². The Balaban J connectivity index is 0.000000423. The molecule has 0 aliphatic heterocycles. The van der Waals surface area contributed by atoms with Crippen LogP contribution in [0.3, 0.4) is 0 Å². The fourth-order valence-corrected chi connectivity index (χ4v) is 8.98. The van der Waals surface area contributed by atoms with Gasteiger partial charge in [-0.05, 0) is 172 Å². The van der Waals surface area contributed by atoms with Gasteiger partial charge in [-0.1, -0.05) is 72.8 Å². The summed E-state index contributed by atoms with van der Waals surface area (Å²) >= 11 is 12.9. The lowest BCUT2D eigenvalue weighted by Crippen LogP contribution is -2.09. The molecule has 0 radical (unpaired) electrons. The van der Waals surface area contributed by atoms with E-state index in [-0.39, 0.29) is 71.2 Å². The number of carboxylic acid groups (broad SMARTS) is 1. The minimum absolute atomic E-state index is 0.119. The van der Waals surface area contributed by atoms with Gasteiger partial charge >= 0.3 is 60.0 Å². The van der Waals surface area contributed by atoms with E-state index >= 15 is 0 Å². The molecule has 4 aromatic carbocycles. The Bertz CT molecular complexity index is 3920. The zero-order chi connectivity index (χ0) is 75.9. The van der Waals surface area contributed by atoms with Gasteiger partial charge in [-0.15, -0.1) is 23.2 Å². The maximum Gasteiger partial charge on any atom is 0.643 e. The predicted molar refractivity (Wildman–Crippen MR) is 360 cm³/mol. The van der Waals surface area contributed by atoms with E-state index in [4.69, 9.17) is 84.3 Å². The number of hydrogen-bond donors (Lipinski definition) is 5. The van der Waals surface area contributed by atoms with Crippen LogP contribution in [-0.2, 0) is 82.2 Å². The number of ketones is 1. The summed E-state index contributed by atoms with van der Waals surface area (Å²) in [6.07, 6.45) is -9.61. The Morgan fingerprint density at radius 1 is 0.450 bits per heavy atom. The van der Waals surface area contributed by atoms with Crippen LogP contribution in [0.25, 0.3) is 0 Å². The topological polar surface area (TPSA) is 213 Å². The Kier molecular flexibility index (Phi) is 38.0. The van der Waals surface area contributed by atoms with Crippen molar-refractivity contribution in [3.63, 3.8) is 0 Å². The third-order valence-electron chi connectivity index (χ3n) is 13.6. The van der Waals surface area contributed by atoms with Crippen molar-refractivity contribution in [2.24, 2.45) is 0 Å². The van der Waals surface area contributed by atoms with Gasteiger partial charge in [0.05, 0.1) is 47.4 Å². The number of esters is 3. The number of halogens is 18. The highest BCUT2D eigenvalue weighted by atomic mass is 35.8. The molecular weight excluding hydrogens is 1490 g/mol. The molecule has 33 heteroatoms. The third kappa shape index (κ3) is 31.3. The minimum Gasteiger partial charge on any atom is -0.477 e. The van der Waals surface area contributed by atoms with Crippen LogP contribution < -0.4 is 0 Å². The van der Waals surface area contributed by atoms with Crippen LogP contribution in [0.4, 0.5) is 52.7 Å². The molecule has 4 aromatic heterocycles. The number of aromatic carboxylic acids is 1. The first-order valence-corrected chi connectivity index (χ1v) is 36.1. The van der Waals surface area contributed by atoms with Crippen LogP contribution in [0, 0.1) is 27.7 Å². The molecule has 0 saturated carbocycles. The highest BCUT2D eigenvalue weighted by molar-refractivity contribution is 7.54. The van der Waals surface area contributed by atoms with Gasteiger partial charge in [-0.25, -0.2) is 49.3 Å². The number of ether oxygens (including phenoxy) is 3. The van der Waals surface area contributed by atoms with Crippen molar-refractivity contribution in [2.45, 2.75) is 112 Å². The van der Waals surface area contributed by atoms with Crippen molar-refractivity contribution in [1.82, 2.24) is 19.9 Å². The highest BCUT2D eigenvalue weighted by Gasteiger charge is 2.33. The molecule has 0 atom stereocenters. The predicted octanol–water partition coefficient (Wildman–Crippen LogP) is 19.7. The number of rotatable bonds is 18. The maximum absolute atomic E-state index is 12.7. The summed E-state index contributed by atoms with van der Waals surface area (Å²) in [5.41, 5.74) is 4.73. The van der Waals surface area contributed by atoms with Gasteiger partial charge in [0.1, 0.15) is 22.8 Å². The Morgan fingerprint density at radius 3 is 1.10 bits per heavy atom. The number of alkyl halides is 14. The Hall–Kier alpha value is -7.35. The number of aromatic amines is 4. The molecule has 0 unspecified atom stereocenters. The van der Waals surface area contributed by atoms with Crippen LogP contribution in [0.5, 0.6) is 0 Å². The first-order chi connectivity index (χ1) is 46.6. The summed E-state index contributed by atoms with van der Waals surface area (Å²) in [4.78, 5) is 79.3. The van der Waals surface area contributed by atoms with Crippen LogP contribution in [0.15, 0.2) is 128 Å². The Labute approximate surface area is 599 Å². The number of carboxylic acids is 1. The first-order valence-electron chi connectivity index (χ1n) is 29.5. The summed E-state index contributed by atoms with van der Waals surface area (Å²) in [5.74, 6) is -2.70. The minimum atomic E-state index is -4.46. The molecule has 14 nitrogen and oxygen atoms in total. The van der Waals surface area contributed by atoms with Gasteiger partial charge < -0.3 is 39.3 Å². The number of carbonyl (C=O) groups excluding carboxylic acids is 5. The van der Waals surface area contributed by atoms with Gasteiger partial charge in [-0.2, -0.15) is 52.7 Å². The van der Waals surface area contributed by atoms with E-state index in [9.17, 15) is 81.5 Å². The number of hydrogen-bond acceptors (Lipinski definition) is 9. The van der Waals surface area contributed by atoms with E-state index in [1.165, 1.54) is 42.6 Å². The normalized spacial score (nSPS) is 10.9. The summed E-state index contributed by atoms with van der Waals surface area (Å²) in [6.45, 7) is 13.0. The summed E-state index contributed by atoms with van der Waals surface area (Å²) < 4.78 is 165. The fourth-order valence-electron chi connectivity index (χ4n) is 8.82. The SMILES string of the molecule is CCOC(=O)c1[nH]cc(C(=O)Cc2cccc(C(F)(F)F)c2)c1C.CCOC(=O)c1[nH]cc(CCc2cccc(C(F)(F)F)c2)c1C.CCOC(=O)c1[nH]ccc1C.Cc1c(CCc2cccc(C(F)(F)F)c2)c[nH]c1C(=O)O.ClCCl.O=C(Cl)Cc1cccc(C(F)(F)F)c1.[Cl][Al]([Cl])[Cl]. The van der Waals surface area contributed by atoms with Crippen LogP contribution in [0.2, 0.25) is 0 Å². The summed E-state index contributed by atoms with van der Waals surface area (Å²) in [6, 6.07) is 21.5. The molecule has 0 aliphatic carbocycles. The van der Waals surface area contributed by atoms with Crippen LogP contribution in [0.1, 0.15) is 151 Å². The molecule has 0 saturated heterocycles. The van der Waals surface area contributed by atoms with Gasteiger partial charge in [0, 0.05) is 43.2 Å². The number of aryl methyl sites for hydroxylation is 5. The smallest absolute Gasteiger partial charge is 0.477 e. The average Bonchev–Trinajstić information content (AvgIpc) is 1.59. The van der Waals surface area contributed by atoms with Gasteiger partial charge in [0.2, 0.25) is 5.24 Å². The van der Waals surface area contributed by atoms with E-state index in [2.05, 4.69) is 19.9 Å². The van der Waals surface area contributed by atoms with E-state index in [0.29, 0.717) is 65.9 Å². The maximum atomic E-state index is 12.7. The molecule has 0 spiro atoms. The fraction of sp³-hybridized carbons (Fsp3) is 0.313. The number of carbonyl (C=O) groups is 6. The number of Topliss-reactive ketones (excluding diaryl/α,β-unsaturated/α-hetero) is 1. The van der Waals surface area contributed by atoms with Crippen molar-refractivity contribution in [3.8, 4) is 0 Å². The van der Waals surface area contributed by atoms with Crippen LogP contribution in [-0.4, -0.2) is 96.5 Å². The molecule has 4 heterocycles. The van der Waals surface area contributed by atoms with E-state index in [0.717, 1.165) is 70.8 Å². The second-order valence-corrected chi connectivity index (χ2v) is 28.3. The molecule has 0 bridgehead atoms. The van der Waals surface area contributed by atoms with E-state index in [1.807, 2.05) is 13.0 Å². The van der Waals surface area contributed by atoms with E-state index in [1.54, 1.807) is 72.3 Å². The Morgan fingerprint density at radius 2 is 0.770 bits per heavy atom. The molecule has 5 N–H and O–H groups in total. The van der Waals surface area contributed by atoms with Crippen molar-refractivity contribution in [1.29, 1.82) is 0 Å². The third-order valence-corrected chi connectivity index (χ3v) is 13.8. The molecule has 8 rings (SSSR count). The lowest BCUT2D eigenvalue weighted by molar-refractivity contribution is -0.138. The monoisotopic (exact) mass is 1550 g/mol. The molecule has 544 valence electrons. The largest absolute Gasteiger partial charge is 0.643 e. The quantitative estimate of drug-likeness (QED) is 0.0104. The molecule has 100 heavy (non-hydrogen) atoms. The van der Waals surface area contributed by atoms with Gasteiger partial charge in [-0.3, -0.25) is 9.59 Å². The van der Waals surface area contributed by atoms with Crippen molar-refractivity contribution < 1.29 is 101 Å². The van der Waals surface area contributed by atoms with Crippen molar-refractivity contribution >= 4 is 111 Å². The number of aromatic nitrogens is 4. The average molecular weight is 1560 g/mol. The zero-order valence-corrected chi connectivity index (χ0v) is 59.9. The molecule has 0 fully saturated rings. The standard InChI is InChI=1S/C17H16F3NO3.C17H18F3NO2.C15H14F3NO2.C9H6ClF3O.C8H11NO2.CH2Cl2.Al.3ClH/c1-3-24-16(23)15-10(2)13(9-21-15)14(22)8-11-5-4-6-12(7-11)17(18,19)20;1-3-23-16(22)15-11(2)13(10-21-15)8-7-12-5-4-6-14(9-12)17(18,19)20;1-9-11(8-19-13(9)14(20)21)6-5-10-3-2-4-12(7-10)15(16,17)18;10-8(14)5-6-2-1-3-7(4-6)9(11,12)13;1-3-11-8(10)7-6(2)4-5-9-7;2-1-3;;;;/h4-7,9,21H,3,8H2,1-2H3;4-6,9-10,21H,3,7-8H2,1-2H3;2-4,7-8,19H,5-6H2,1H3,(H,20,21);1-4H,5H2;4-5,9H,3H2,1-2H3;1H2;;3*1H/q;;;;;;+3;;;/p-3. The first kappa shape index (κ1) is 88.7. The number of nitrogens with one attached hydrogen (secondary N) is 4. The lowest BCUT2D eigenvalue weighted by atomic mass is 10.0. The van der Waals surface area contributed by atoms with Crippen LogP contribution >= 0.6 is 65.0 Å². The second kappa shape index (κ2) is 42.8. The van der Waals surface area contributed by atoms with Crippen molar-refractivity contribution in [2.75, 3.05) is 25.2 Å². The lowest BCUT2D eigenvalue weighted by Gasteiger charge is -2.08. The van der Waals surface area contributed by atoms with Gasteiger partial charge in [0.15, 0.2) is 5.78 Å². The summed E-state index contributed by atoms with van der Waals surface area (Å²) in [7, 11) is 14.8. The molecule has 8 aromatic rings. The highest BCUT2D eigenvalue weighted by Crippen LogP contribution is 2.33. The summed E-state index contributed by atoms with van der Waals surface area (Å²) in [5, 5.41) is 8.45. The molecular formula is C67H67AlCl6F12N4O10. The molecule has 0 amide bonds. The van der Waals surface area contributed by atoms with E-state index < -0.39 is 81.5 Å². The second-order valence-electron chi connectivity index (χ2n) is 20.6. The number of benzene rings is 4. The van der Waals surface area contributed by atoms with Crippen molar-refractivity contribution in [3.05, 3.63) is 234 Å². The number of H-pyrrole nitrogens is 4. The zero-order valence-electron chi connectivity index (χ0n) is 54.2. The molecule has 0 aliphatic rings.